The first-order valence-electron chi connectivity index (χ1n) is 9.46. The minimum atomic E-state index is -0.435. The van der Waals surface area contributed by atoms with Gasteiger partial charge >= 0.3 is 5.97 Å². The SMILES string of the molecule is COC(=O)c1ccc(OCC(=O)Nc2ncc(C=Cc3ncc(C(C)(C)C)o3)s2)cc1. The van der Waals surface area contributed by atoms with Gasteiger partial charge in [0.25, 0.3) is 5.91 Å². The molecule has 31 heavy (non-hydrogen) atoms. The van der Waals surface area contributed by atoms with E-state index in [9.17, 15) is 9.59 Å². The summed E-state index contributed by atoms with van der Waals surface area (Å²) in [6.07, 6.45) is 6.96. The lowest BCUT2D eigenvalue weighted by molar-refractivity contribution is -0.118. The Labute approximate surface area is 183 Å². The van der Waals surface area contributed by atoms with Gasteiger partial charge in [0.2, 0.25) is 5.89 Å². The standard InChI is InChI=1S/C22H23N3O5S/c1-22(2,3)17-12-23-19(30-17)10-9-16-11-24-21(31-16)25-18(26)13-29-15-7-5-14(6-8-15)20(27)28-4/h5-12H,13H2,1-4H3,(H,24,25,26). The number of carbonyl (C=O) groups excluding carboxylic acids is 2. The van der Waals surface area contributed by atoms with Crippen LogP contribution in [0.5, 0.6) is 5.75 Å². The van der Waals surface area contributed by atoms with Crippen molar-refractivity contribution in [2.24, 2.45) is 0 Å². The van der Waals surface area contributed by atoms with E-state index in [0.29, 0.717) is 22.3 Å². The number of thiazole rings is 1. The van der Waals surface area contributed by atoms with E-state index in [-0.39, 0.29) is 17.9 Å². The zero-order valence-corrected chi connectivity index (χ0v) is 18.5. The molecule has 3 rings (SSSR count). The summed E-state index contributed by atoms with van der Waals surface area (Å²) in [6.45, 7) is 5.98. The van der Waals surface area contributed by atoms with Gasteiger partial charge in [0, 0.05) is 22.6 Å². The quantitative estimate of drug-likeness (QED) is 0.542. The summed E-state index contributed by atoms with van der Waals surface area (Å²) in [7, 11) is 1.31. The molecule has 0 fully saturated rings. The number of rotatable bonds is 7. The van der Waals surface area contributed by atoms with Gasteiger partial charge in [0.1, 0.15) is 11.5 Å². The Kier molecular flexibility index (Phi) is 6.86. The molecule has 0 spiro atoms. The molecule has 0 aliphatic heterocycles. The van der Waals surface area contributed by atoms with Crippen LogP contribution < -0.4 is 10.1 Å². The molecule has 0 saturated carbocycles. The Morgan fingerprint density at radius 3 is 2.52 bits per heavy atom. The molecule has 8 nitrogen and oxygen atoms in total. The molecule has 0 radical (unpaired) electrons. The highest BCUT2D eigenvalue weighted by atomic mass is 32.1. The lowest BCUT2D eigenvalue weighted by atomic mass is 9.94. The zero-order chi connectivity index (χ0) is 22.4. The number of aromatic nitrogens is 2. The van der Waals surface area contributed by atoms with Crippen molar-refractivity contribution in [1.82, 2.24) is 9.97 Å². The fourth-order valence-electron chi connectivity index (χ4n) is 2.40. The van der Waals surface area contributed by atoms with E-state index in [0.717, 1.165) is 10.6 Å². The van der Waals surface area contributed by atoms with Crippen molar-refractivity contribution in [2.75, 3.05) is 19.0 Å². The van der Waals surface area contributed by atoms with Crippen molar-refractivity contribution >= 4 is 40.5 Å². The van der Waals surface area contributed by atoms with E-state index >= 15 is 0 Å². The number of hydrogen-bond donors (Lipinski definition) is 1. The number of methoxy groups -OCH3 is 1. The third-order valence-electron chi connectivity index (χ3n) is 4.07. The van der Waals surface area contributed by atoms with Gasteiger partial charge in [-0.15, -0.1) is 0 Å². The summed E-state index contributed by atoms with van der Waals surface area (Å²) in [5.41, 5.74) is 0.300. The Bertz CT molecular complexity index is 1080. The second-order valence-corrected chi connectivity index (χ2v) is 8.63. The molecule has 2 aromatic heterocycles. The number of nitrogens with one attached hydrogen (secondary N) is 1. The maximum Gasteiger partial charge on any atom is 0.337 e. The predicted octanol–water partition coefficient (Wildman–Crippen LogP) is 4.40. The van der Waals surface area contributed by atoms with E-state index in [1.807, 2.05) is 6.08 Å². The molecule has 0 aliphatic carbocycles. The van der Waals surface area contributed by atoms with Crippen molar-refractivity contribution in [1.29, 1.82) is 0 Å². The first kappa shape index (κ1) is 22.2. The average Bonchev–Trinajstić information content (AvgIpc) is 3.40. The van der Waals surface area contributed by atoms with E-state index < -0.39 is 5.97 Å². The van der Waals surface area contributed by atoms with E-state index in [4.69, 9.17) is 9.15 Å². The molecule has 3 aromatic rings. The average molecular weight is 442 g/mol. The zero-order valence-electron chi connectivity index (χ0n) is 17.7. The van der Waals surface area contributed by atoms with Gasteiger partial charge in [-0.05, 0) is 30.3 Å². The number of esters is 1. The largest absolute Gasteiger partial charge is 0.484 e. The molecular formula is C22H23N3O5S. The predicted molar refractivity (Wildman–Crippen MR) is 118 cm³/mol. The van der Waals surface area contributed by atoms with Crippen molar-refractivity contribution in [3.8, 4) is 5.75 Å². The minimum Gasteiger partial charge on any atom is -0.484 e. The Morgan fingerprint density at radius 1 is 1.13 bits per heavy atom. The van der Waals surface area contributed by atoms with Crippen LogP contribution in [-0.2, 0) is 14.9 Å². The summed E-state index contributed by atoms with van der Waals surface area (Å²) in [6, 6.07) is 6.33. The highest BCUT2D eigenvalue weighted by Crippen LogP contribution is 2.24. The maximum atomic E-state index is 12.1. The summed E-state index contributed by atoms with van der Waals surface area (Å²) < 4.78 is 15.8. The number of oxazole rings is 1. The van der Waals surface area contributed by atoms with Crippen LogP contribution >= 0.6 is 11.3 Å². The van der Waals surface area contributed by atoms with Gasteiger partial charge in [-0.2, -0.15) is 0 Å². The molecule has 162 valence electrons. The molecule has 1 amide bonds. The number of anilines is 1. The molecule has 1 N–H and O–H groups in total. The Balaban J connectivity index is 1.50. The van der Waals surface area contributed by atoms with E-state index in [1.165, 1.54) is 18.4 Å². The van der Waals surface area contributed by atoms with Crippen LogP contribution in [-0.4, -0.2) is 35.6 Å². The number of benzene rings is 1. The summed E-state index contributed by atoms with van der Waals surface area (Å²) in [4.78, 5) is 32.8. The first-order valence-corrected chi connectivity index (χ1v) is 10.3. The maximum absolute atomic E-state index is 12.1. The van der Waals surface area contributed by atoms with Crippen LogP contribution in [0.15, 0.2) is 41.1 Å². The molecule has 0 saturated heterocycles. The topological polar surface area (TPSA) is 104 Å². The van der Waals surface area contributed by atoms with Crippen LogP contribution in [0, 0.1) is 0 Å². The third kappa shape index (κ3) is 6.26. The van der Waals surface area contributed by atoms with Crippen LogP contribution in [0.1, 0.15) is 47.7 Å². The molecule has 2 heterocycles. The second-order valence-electron chi connectivity index (χ2n) is 7.57. The molecule has 0 aliphatic rings. The summed E-state index contributed by atoms with van der Waals surface area (Å²) in [5, 5.41) is 3.15. The highest BCUT2D eigenvalue weighted by molar-refractivity contribution is 7.16. The van der Waals surface area contributed by atoms with Gasteiger partial charge < -0.3 is 13.9 Å². The van der Waals surface area contributed by atoms with Gasteiger partial charge in [0.15, 0.2) is 11.7 Å². The second kappa shape index (κ2) is 9.57. The van der Waals surface area contributed by atoms with Crippen LogP contribution in [0.2, 0.25) is 0 Å². The summed E-state index contributed by atoms with van der Waals surface area (Å²) in [5.74, 6) is 1.01. The normalized spacial score (nSPS) is 11.5. The number of hydrogen-bond acceptors (Lipinski definition) is 8. The molecule has 0 bridgehead atoms. The first-order chi connectivity index (χ1) is 14.7. The summed E-state index contributed by atoms with van der Waals surface area (Å²) >= 11 is 1.32. The minimum absolute atomic E-state index is 0.105. The van der Waals surface area contributed by atoms with Gasteiger partial charge in [-0.3, -0.25) is 10.1 Å². The lowest BCUT2D eigenvalue weighted by Crippen LogP contribution is -2.20. The number of amides is 1. The van der Waals surface area contributed by atoms with E-state index in [1.54, 1.807) is 42.7 Å². The van der Waals surface area contributed by atoms with Gasteiger partial charge in [-0.1, -0.05) is 32.1 Å². The number of ether oxygens (including phenoxy) is 2. The molecule has 1 aromatic carbocycles. The smallest absolute Gasteiger partial charge is 0.337 e. The van der Waals surface area contributed by atoms with Crippen molar-refractivity contribution in [3.63, 3.8) is 0 Å². The van der Waals surface area contributed by atoms with Crippen LogP contribution in [0.4, 0.5) is 5.13 Å². The van der Waals surface area contributed by atoms with Crippen molar-refractivity contribution in [3.05, 3.63) is 58.8 Å². The highest BCUT2D eigenvalue weighted by Gasteiger charge is 2.18. The van der Waals surface area contributed by atoms with Gasteiger partial charge in [-0.25, -0.2) is 14.8 Å². The van der Waals surface area contributed by atoms with Gasteiger partial charge in [0.05, 0.1) is 18.9 Å². The van der Waals surface area contributed by atoms with Crippen molar-refractivity contribution in [2.45, 2.75) is 26.2 Å². The monoisotopic (exact) mass is 441 g/mol. The van der Waals surface area contributed by atoms with Crippen LogP contribution in [0.25, 0.3) is 12.2 Å². The Morgan fingerprint density at radius 2 is 1.87 bits per heavy atom. The number of nitrogens with zero attached hydrogens (tertiary/aromatic N) is 2. The molecular weight excluding hydrogens is 418 g/mol. The molecule has 9 heteroatoms. The van der Waals surface area contributed by atoms with Crippen molar-refractivity contribution < 1.29 is 23.5 Å². The van der Waals surface area contributed by atoms with E-state index in [2.05, 4.69) is 40.8 Å². The number of carbonyl (C=O) groups is 2. The Hall–Kier alpha value is -3.46. The fourth-order valence-corrected chi connectivity index (χ4v) is 3.13. The lowest BCUT2D eigenvalue weighted by Gasteiger charge is -2.12. The van der Waals surface area contributed by atoms with Crippen LogP contribution in [0.3, 0.4) is 0 Å². The molecule has 0 unspecified atom stereocenters. The molecule has 0 atom stereocenters. The fraction of sp³-hybridized carbons (Fsp3) is 0.273. The third-order valence-corrected chi connectivity index (χ3v) is 4.95.